The molecule has 4 atom stereocenters. The Kier molecular flexibility index (Phi) is 4.69. The SMILES string of the molecule is O=C(N[C@H](CO)Cc1ccccc1)N[C@@H]1[C@@H]2CCO[C@H]2C12CCCC2. The van der Waals surface area contributed by atoms with E-state index in [1.165, 1.54) is 12.8 Å². The van der Waals surface area contributed by atoms with E-state index in [0.29, 0.717) is 18.4 Å². The lowest BCUT2D eigenvalue weighted by atomic mass is 9.54. The summed E-state index contributed by atoms with van der Waals surface area (Å²) in [5.41, 5.74) is 1.27. The van der Waals surface area contributed by atoms with E-state index in [1.807, 2.05) is 30.3 Å². The van der Waals surface area contributed by atoms with Crippen molar-refractivity contribution in [2.24, 2.45) is 11.3 Å². The van der Waals surface area contributed by atoms with Crippen molar-refractivity contribution in [1.29, 1.82) is 0 Å². The number of carbonyl (C=O) groups is 1. The molecule has 4 rings (SSSR count). The van der Waals surface area contributed by atoms with Gasteiger partial charge in [-0.3, -0.25) is 0 Å². The highest BCUT2D eigenvalue weighted by molar-refractivity contribution is 5.75. The molecule has 1 spiro atoms. The van der Waals surface area contributed by atoms with E-state index in [1.54, 1.807) is 0 Å². The zero-order valence-corrected chi connectivity index (χ0v) is 14.6. The van der Waals surface area contributed by atoms with Gasteiger partial charge in [-0.05, 0) is 31.2 Å². The van der Waals surface area contributed by atoms with E-state index in [2.05, 4.69) is 10.6 Å². The summed E-state index contributed by atoms with van der Waals surface area (Å²) in [4.78, 5) is 12.6. The fourth-order valence-electron chi connectivity index (χ4n) is 5.33. The highest BCUT2D eigenvalue weighted by atomic mass is 16.5. The number of hydrogen-bond donors (Lipinski definition) is 3. The zero-order valence-electron chi connectivity index (χ0n) is 14.6. The molecular formula is C20H28N2O3. The van der Waals surface area contributed by atoms with Crippen LogP contribution in [-0.4, -0.2) is 42.5 Å². The van der Waals surface area contributed by atoms with Crippen LogP contribution >= 0.6 is 0 Å². The molecule has 3 aliphatic rings. The Balaban J connectivity index is 1.36. The Labute approximate surface area is 149 Å². The van der Waals surface area contributed by atoms with Crippen LogP contribution in [0.15, 0.2) is 30.3 Å². The minimum atomic E-state index is -0.266. The smallest absolute Gasteiger partial charge is 0.315 e. The average Bonchev–Trinajstić information content (AvgIpc) is 3.29. The van der Waals surface area contributed by atoms with E-state index < -0.39 is 0 Å². The standard InChI is InChI=1S/C20H28N2O3/c23-13-15(12-14-6-2-1-3-7-14)21-19(24)22-17-16-8-11-25-18(16)20(17)9-4-5-10-20/h1-3,6-7,15-18,23H,4-5,8-13H2,(H2,21,22,24)/t15-,16-,17+,18+/m0/s1. The van der Waals surface area contributed by atoms with Gasteiger partial charge in [-0.15, -0.1) is 0 Å². The highest BCUT2D eigenvalue weighted by Crippen LogP contribution is 2.60. The van der Waals surface area contributed by atoms with Crippen LogP contribution in [-0.2, 0) is 11.2 Å². The van der Waals surface area contributed by atoms with Crippen LogP contribution in [0.2, 0.25) is 0 Å². The molecule has 0 bridgehead atoms. The van der Waals surface area contributed by atoms with Gasteiger partial charge in [0.1, 0.15) is 0 Å². The molecule has 5 heteroatoms. The summed E-state index contributed by atoms with van der Waals surface area (Å²) in [5.74, 6) is 0.463. The molecule has 5 nitrogen and oxygen atoms in total. The van der Waals surface area contributed by atoms with Crippen LogP contribution in [0.3, 0.4) is 0 Å². The summed E-state index contributed by atoms with van der Waals surface area (Å²) >= 11 is 0. The van der Waals surface area contributed by atoms with Gasteiger partial charge in [-0.25, -0.2) is 4.79 Å². The Morgan fingerprint density at radius 1 is 1.28 bits per heavy atom. The molecule has 25 heavy (non-hydrogen) atoms. The van der Waals surface area contributed by atoms with Gasteiger partial charge in [0, 0.05) is 24.0 Å². The molecule has 2 aliphatic carbocycles. The lowest BCUT2D eigenvalue weighted by Gasteiger charge is -2.56. The summed E-state index contributed by atoms with van der Waals surface area (Å²) < 4.78 is 5.97. The fraction of sp³-hybridized carbons (Fsp3) is 0.650. The molecule has 2 saturated carbocycles. The number of urea groups is 1. The fourth-order valence-corrected chi connectivity index (χ4v) is 5.33. The molecule has 0 aromatic heterocycles. The van der Waals surface area contributed by atoms with E-state index >= 15 is 0 Å². The number of benzene rings is 1. The third-order valence-corrected chi connectivity index (χ3v) is 6.45. The molecule has 1 aliphatic heterocycles. The van der Waals surface area contributed by atoms with E-state index in [0.717, 1.165) is 31.4 Å². The molecule has 136 valence electrons. The van der Waals surface area contributed by atoms with Crippen LogP contribution in [0.25, 0.3) is 0 Å². The van der Waals surface area contributed by atoms with Crippen molar-refractivity contribution < 1.29 is 14.6 Å². The first-order valence-corrected chi connectivity index (χ1v) is 9.56. The Morgan fingerprint density at radius 3 is 2.76 bits per heavy atom. The number of rotatable bonds is 5. The minimum absolute atomic E-state index is 0.0622. The van der Waals surface area contributed by atoms with Gasteiger partial charge >= 0.3 is 6.03 Å². The minimum Gasteiger partial charge on any atom is -0.394 e. The maximum Gasteiger partial charge on any atom is 0.315 e. The molecule has 1 aromatic carbocycles. The first-order valence-electron chi connectivity index (χ1n) is 9.56. The van der Waals surface area contributed by atoms with Crippen molar-refractivity contribution in [3.05, 3.63) is 35.9 Å². The molecule has 1 saturated heterocycles. The summed E-state index contributed by atoms with van der Waals surface area (Å²) in [6.07, 6.45) is 6.82. The summed E-state index contributed by atoms with van der Waals surface area (Å²) in [5, 5.41) is 15.8. The third kappa shape index (κ3) is 3.04. The van der Waals surface area contributed by atoms with Crippen LogP contribution in [0.1, 0.15) is 37.7 Å². The molecule has 2 amide bonds. The number of ether oxygens (including phenoxy) is 1. The van der Waals surface area contributed by atoms with Gasteiger partial charge in [0.15, 0.2) is 0 Å². The largest absolute Gasteiger partial charge is 0.394 e. The number of aliphatic hydroxyl groups is 1. The van der Waals surface area contributed by atoms with Crippen molar-refractivity contribution in [2.45, 2.75) is 56.7 Å². The van der Waals surface area contributed by atoms with Gasteiger partial charge in [0.2, 0.25) is 0 Å². The second kappa shape index (κ2) is 6.96. The van der Waals surface area contributed by atoms with Gasteiger partial charge in [0.05, 0.1) is 18.8 Å². The van der Waals surface area contributed by atoms with Crippen LogP contribution in [0.5, 0.6) is 0 Å². The zero-order chi connectivity index (χ0) is 17.3. The average molecular weight is 344 g/mol. The number of hydrogen-bond acceptors (Lipinski definition) is 3. The van der Waals surface area contributed by atoms with Gasteiger partial charge < -0.3 is 20.5 Å². The lowest BCUT2D eigenvalue weighted by molar-refractivity contribution is -0.126. The third-order valence-electron chi connectivity index (χ3n) is 6.45. The molecule has 3 N–H and O–H groups in total. The molecule has 1 heterocycles. The van der Waals surface area contributed by atoms with Crippen molar-refractivity contribution in [3.63, 3.8) is 0 Å². The molecular weight excluding hydrogens is 316 g/mol. The first kappa shape index (κ1) is 16.9. The Morgan fingerprint density at radius 2 is 2.04 bits per heavy atom. The second-order valence-corrected chi connectivity index (χ2v) is 7.85. The van der Waals surface area contributed by atoms with E-state index in [4.69, 9.17) is 4.74 Å². The number of amides is 2. The summed E-state index contributed by atoms with van der Waals surface area (Å²) in [6, 6.07) is 9.75. The van der Waals surface area contributed by atoms with Gasteiger partial charge in [-0.2, -0.15) is 0 Å². The topological polar surface area (TPSA) is 70.6 Å². The predicted molar refractivity (Wildman–Crippen MR) is 95.2 cm³/mol. The van der Waals surface area contributed by atoms with Crippen molar-refractivity contribution >= 4 is 6.03 Å². The van der Waals surface area contributed by atoms with Crippen LogP contribution < -0.4 is 10.6 Å². The van der Waals surface area contributed by atoms with Crippen molar-refractivity contribution in [3.8, 4) is 0 Å². The predicted octanol–water partition coefficient (Wildman–Crippen LogP) is 2.24. The van der Waals surface area contributed by atoms with Gasteiger partial charge in [-0.1, -0.05) is 43.2 Å². The van der Waals surface area contributed by atoms with Crippen molar-refractivity contribution in [2.75, 3.05) is 13.2 Å². The van der Waals surface area contributed by atoms with E-state index in [9.17, 15) is 9.90 Å². The van der Waals surface area contributed by atoms with Crippen LogP contribution in [0.4, 0.5) is 4.79 Å². The molecule has 3 fully saturated rings. The second-order valence-electron chi connectivity index (χ2n) is 7.85. The maximum absolute atomic E-state index is 12.6. The number of nitrogens with one attached hydrogen (secondary N) is 2. The van der Waals surface area contributed by atoms with E-state index in [-0.39, 0.29) is 30.1 Å². The molecule has 1 aromatic rings. The monoisotopic (exact) mass is 344 g/mol. The highest BCUT2D eigenvalue weighted by Gasteiger charge is 2.65. The lowest BCUT2D eigenvalue weighted by Crippen LogP contribution is -2.69. The normalized spacial score (nSPS) is 30.5. The Bertz CT molecular complexity index is 600. The summed E-state index contributed by atoms with van der Waals surface area (Å²) in [6.45, 7) is 0.761. The number of aliphatic hydroxyl groups excluding tert-OH is 1. The Hall–Kier alpha value is -1.59. The van der Waals surface area contributed by atoms with Crippen molar-refractivity contribution in [1.82, 2.24) is 10.6 Å². The quantitative estimate of drug-likeness (QED) is 0.767. The molecule has 0 radical (unpaired) electrons. The maximum atomic E-state index is 12.6. The van der Waals surface area contributed by atoms with Crippen LogP contribution in [0, 0.1) is 11.3 Å². The molecule has 0 unspecified atom stereocenters. The van der Waals surface area contributed by atoms with Gasteiger partial charge in [0.25, 0.3) is 0 Å². The first-order chi connectivity index (χ1) is 12.2. The summed E-state index contributed by atoms with van der Waals surface area (Å²) in [7, 11) is 0. The number of carbonyl (C=O) groups excluding carboxylic acids is 1. The number of fused-ring (bicyclic) bond motifs is 2.